The van der Waals surface area contributed by atoms with Crippen LogP contribution in [-0.2, 0) is 4.79 Å². The Labute approximate surface area is 210 Å². The summed E-state index contributed by atoms with van der Waals surface area (Å²) in [4.78, 5) is 15.3. The maximum atomic E-state index is 13.0. The lowest BCUT2D eigenvalue weighted by Gasteiger charge is -2.12. The minimum absolute atomic E-state index is 0.0376. The second kappa shape index (κ2) is 10.6. The number of amides is 1. The molecule has 0 bridgehead atoms. The number of hydrogen-bond acceptors (Lipinski definition) is 5. The molecule has 176 valence electrons. The fourth-order valence-electron chi connectivity index (χ4n) is 3.73. The van der Waals surface area contributed by atoms with Crippen molar-refractivity contribution in [1.29, 1.82) is 0 Å². The molecule has 0 atom stereocenters. The number of rotatable bonds is 8. The van der Waals surface area contributed by atoms with E-state index in [1.165, 1.54) is 11.8 Å². The van der Waals surface area contributed by atoms with Crippen molar-refractivity contribution in [2.24, 2.45) is 5.92 Å². The zero-order chi connectivity index (χ0) is 24.2. The van der Waals surface area contributed by atoms with Crippen molar-refractivity contribution >= 4 is 40.3 Å². The highest BCUT2D eigenvalue weighted by atomic mass is 32.2. The molecule has 0 radical (unpaired) electrons. The summed E-state index contributed by atoms with van der Waals surface area (Å²) in [6, 6.07) is 16.0. The minimum atomic E-state index is -0.0376. The van der Waals surface area contributed by atoms with Crippen LogP contribution in [0.25, 0.3) is 23.0 Å². The summed E-state index contributed by atoms with van der Waals surface area (Å²) >= 11 is 6.81. The second-order valence-electron chi connectivity index (χ2n) is 8.73. The topological polar surface area (TPSA) is 47.4 Å². The van der Waals surface area contributed by atoms with Gasteiger partial charge in [0.05, 0.1) is 17.2 Å². The highest BCUT2D eigenvalue weighted by Gasteiger charge is 2.31. The van der Waals surface area contributed by atoms with Crippen LogP contribution in [0.5, 0.6) is 5.75 Å². The van der Waals surface area contributed by atoms with Gasteiger partial charge in [0, 0.05) is 23.9 Å². The largest absolute Gasteiger partial charge is 0.493 e. The molecule has 7 heteroatoms. The van der Waals surface area contributed by atoms with Crippen LogP contribution in [0, 0.1) is 12.8 Å². The van der Waals surface area contributed by atoms with Crippen molar-refractivity contribution in [2.75, 3.05) is 13.2 Å². The lowest BCUT2D eigenvalue weighted by atomic mass is 10.0. The first-order chi connectivity index (χ1) is 16.4. The normalized spacial score (nSPS) is 15.1. The Morgan fingerprint density at radius 3 is 2.62 bits per heavy atom. The number of carbonyl (C=O) groups excluding carboxylic acids is 1. The zero-order valence-electron chi connectivity index (χ0n) is 19.9. The third kappa shape index (κ3) is 5.26. The Hall–Kier alpha value is -2.90. The second-order valence-corrected chi connectivity index (χ2v) is 10.4. The lowest BCUT2D eigenvalue weighted by Crippen LogP contribution is -2.28. The number of aryl methyl sites for hydroxylation is 1. The van der Waals surface area contributed by atoms with Gasteiger partial charge in [-0.05, 0) is 61.2 Å². The molecule has 1 fully saturated rings. The molecule has 0 saturated carbocycles. The van der Waals surface area contributed by atoms with E-state index in [4.69, 9.17) is 22.1 Å². The number of benzene rings is 2. The van der Waals surface area contributed by atoms with Gasteiger partial charge in [-0.3, -0.25) is 9.69 Å². The third-order valence-corrected chi connectivity index (χ3v) is 6.78. The molecule has 5 nitrogen and oxygen atoms in total. The molecule has 1 aromatic heterocycles. The standard InChI is InChI=1S/C27H29N3O2S2/c1-5-13-29-26(31)24(34-27(29)33)15-20-16-30(21-9-7-6-8-10-21)28-25(20)23-12-11-22(14-19(23)4)32-17-18(2)3/h6-12,14-16,18H,5,13,17H2,1-4H3. The Morgan fingerprint density at radius 1 is 1.18 bits per heavy atom. The lowest BCUT2D eigenvalue weighted by molar-refractivity contribution is -0.122. The molecular weight excluding hydrogens is 462 g/mol. The Morgan fingerprint density at radius 2 is 1.94 bits per heavy atom. The molecule has 1 aliphatic heterocycles. The van der Waals surface area contributed by atoms with E-state index in [1.54, 1.807) is 4.90 Å². The number of para-hydroxylation sites is 1. The first-order valence-corrected chi connectivity index (χ1v) is 12.7. The molecule has 0 spiro atoms. The van der Waals surface area contributed by atoms with E-state index in [-0.39, 0.29) is 5.91 Å². The quantitative estimate of drug-likeness (QED) is 0.266. The van der Waals surface area contributed by atoms with E-state index in [9.17, 15) is 4.79 Å². The van der Waals surface area contributed by atoms with Crippen molar-refractivity contribution < 1.29 is 9.53 Å². The monoisotopic (exact) mass is 491 g/mol. The smallest absolute Gasteiger partial charge is 0.266 e. The van der Waals surface area contributed by atoms with E-state index in [1.807, 2.05) is 72.4 Å². The average Bonchev–Trinajstić information content (AvgIpc) is 3.35. The van der Waals surface area contributed by atoms with Crippen LogP contribution in [0.2, 0.25) is 0 Å². The van der Waals surface area contributed by atoms with Gasteiger partial charge in [-0.15, -0.1) is 0 Å². The summed E-state index contributed by atoms with van der Waals surface area (Å²) in [5.74, 6) is 1.27. The van der Waals surface area contributed by atoms with Crippen LogP contribution in [0.4, 0.5) is 0 Å². The van der Waals surface area contributed by atoms with Crippen LogP contribution >= 0.6 is 24.0 Å². The summed E-state index contributed by atoms with van der Waals surface area (Å²) in [5.41, 5.74) is 4.71. The molecule has 1 aliphatic rings. The van der Waals surface area contributed by atoms with Gasteiger partial charge in [0.15, 0.2) is 0 Å². The molecule has 34 heavy (non-hydrogen) atoms. The van der Waals surface area contributed by atoms with Gasteiger partial charge >= 0.3 is 0 Å². The maximum Gasteiger partial charge on any atom is 0.266 e. The summed E-state index contributed by atoms with van der Waals surface area (Å²) in [6.07, 6.45) is 4.75. The Balaban J connectivity index is 1.76. The van der Waals surface area contributed by atoms with Crippen molar-refractivity contribution in [3.8, 4) is 22.7 Å². The predicted octanol–water partition coefficient (Wildman–Crippen LogP) is 6.49. The van der Waals surface area contributed by atoms with E-state index < -0.39 is 0 Å². The highest BCUT2D eigenvalue weighted by Crippen LogP contribution is 2.36. The van der Waals surface area contributed by atoms with Crippen molar-refractivity contribution in [3.63, 3.8) is 0 Å². The van der Waals surface area contributed by atoms with E-state index in [2.05, 4.69) is 20.8 Å². The molecule has 0 unspecified atom stereocenters. The van der Waals surface area contributed by atoms with E-state index in [0.29, 0.717) is 28.3 Å². The van der Waals surface area contributed by atoms with Gasteiger partial charge in [0.25, 0.3) is 5.91 Å². The number of aromatic nitrogens is 2. The maximum absolute atomic E-state index is 13.0. The van der Waals surface area contributed by atoms with Crippen molar-refractivity contribution in [1.82, 2.24) is 14.7 Å². The fraction of sp³-hybridized carbons (Fsp3) is 0.296. The molecule has 1 amide bonds. The number of ether oxygens (including phenoxy) is 1. The van der Waals surface area contributed by atoms with Crippen LogP contribution in [0.1, 0.15) is 38.3 Å². The molecule has 2 heterocycles. The van der Waals surface area contributed by atoms with Crippen LogP contribution in [-0.4, -0.2) is 38.1 Å². The molecule has 4 rings (SSSR count). The molecule has 2 aromatic carbocycles. The number of thiocarbonyl (C=S) groups is 1. The summed E-state index contributed by atoms with van der Waals surface area (Å²) in [6.45, 7) is 9.67. The molecule has 0 N–H and O–H groups in total. The Kier molecular flexibility index (Phi) is 7.54. The number of nitrogens with zero attached hydrogens (tertiary/aromatic N) is 3. The summed E-state index contributed by atoms with van der Waals surface area (Å²) in [5, 5.41) is 4.92. The van der Waals surface area contributed by atoms with Gasteiger partial charge < -0.3 is 4.74 Å². The zero-order valence-corrected chi connectivity index (χ0v) is 21.6. The van der Waals surface area contributed by atoms with Gasteiger partial charge in [-0.1, -0.05) is 63.0 Å². The van der Waals surface area contributed by atoms with Crippen LogP contribution in [0.3, 0.4) is 0 Å². The Bertz CT molecular complexity index is 1230. The van der Waals surface area contributed by atoms with E-state index in [0.717, 1.165) is 40.2 Å². The van der Waals surface area contributed by atoms with Gasteiger partial charge in [-0.25, -0.2) is 4.68 Å². The number of hydrogen-bond donors (Lipinski definition) is 0. The molecule has 0 aliphatic carbocycles. The number of carbonyl (C=O) groups is 1. The highest BCUT2D eigenvalue weighted by molar-refractivity contribution is 8.26. The predicted molar refractivity (Wildman–Crippen MR) is 144 cm³/mol. The first kappa shape index (κ1) is 24.2. The fourth-order valence-corrected chi connectivity index (χ4v) is 5.03. The number of thioether (sulfide) groups is 1. The molecule has 1 saturated heterocycles. The van der Waals surface area contributed by atoms with Gasteiger partial charge in [0.1, 0.15) is 15.8 Å². The van der Waals surface area contributed by atoms with Crippen LogP contribution in [0.15, 0.2) is 59.6 Å². The minimum Gasteiger partial charge on any atom is -0.493 e. The summed E-state index contributed by atoms with van der Waals surface area (Å²) < 4.78 is 8.37. The van der Waals surface area contributed by atoms with Crippen molar-refractivity contribution in [2.45, 2.75) is 34.1 Å². The SMILES string of the molecule is CCCN1C(=O)C(=Cc2cn(-c3ccccc3)nc2-c2ccc(OCC(C)C)cc2C)SC1=S. The van der Waals surface area contributed by atoms with Crippen molar-refractivity contribution in [3.05, 3.63) is 70.8 Å². The first-order valence-electron chi connectivity index (χ1n) is 11.5. The van der Waals surface area contributed by atoms with E-state index >= 15 is 0 Å². The van der Waals surface area contributed by atoms with Crippen LogP contribution < -0.4 is 4.74 Å². The third-order valence-electron chi connectivity index (χ3n) is 5.41. The molecular formula is C27H29N3O2S2. The summed E-state index contributed by atoms with van der Waals surface area (Å²) in [7, 11) is 0. The molecule has 3 aromatic rings. The van der Waals surface area contributed by atoms with Gasteiger partial charge in [-0.2, -0.15) is 5.10 Å². The average molecular weight is 492 g/mol. The van der Waals surface area contributed by atoms with Gasteiger partial charge in [0.2, 0.25) is 0 Å².